The van der Waals surface area contributed by atoms with Crippen LogP contribution >= 0.6 is 11.3 Å². The number of hydrogen-bond donors (Lipinski definition) is 0. The first kappa shape index (κ1) is 18.7. The molecule has 2 saturated heterocycles. The first-order chi connectivity index (χ1) is 13.7. The van der Waals surface area contributed by atoms with Gasteiger partial charge in [-0.1, -0.05) is 18.0 Å². The fourth-order valence-corrected chi connectivity index (χ4v) is 5.59. The van der Waals surface area contributed by atoms with E-state index in [-0.39, 0.29) is 5.41 Å². The lowest BCUT2D eigenvalue weighted by Gasteiger charge is -2.40. The van der Waals surface area contributed by atoms with E-state index < -0.39 is 0 Å². The Morgan fingerprint density at radius 2 is 1.96 bits per heavy atom. The molecule has 0 atom stereocenters. The average Bonchev–Trinajstić information content (AvgIpc) is 3.23. The lowest BCUT2D eigenvalue weighted by molar-refractivity contribution is 0.0778. The summed E-state index contributed by atoms with van der Waals surface area (Å²) in [5.74, 6) is 3.06. The topological polar surface area (TPSA) is 64.3 Å². The molecule has 1 saturated carbocycles. The van der Waals surface area contributed by atoms with Gasteiger partial charge in [0.2, 0.25) is 5.89 Å². The van der Waals surface area contributed by atoms with Gasteiger partial charge in [-0.25, -0.2) is 4.98 Å². The maximum absolute atomic E-state index is 5.78. The van der Waals surface area contributed by atoms with Crippen molar-refractivity contribution >= 4 is 11.3 Å². The molecular weight excluding hydrogens is 372 g/mol. The number of aromatic nitrogens is 3. The Hall–Kier alpha value is -1.31. The summed E-state index contributed by atoms with van der Waals surface area (Å²) in [5, 5.41) is 4.53. The van der Waals surface area contributed by atoms with Crippen LogP contribution in [0.4, 0.5) is 0 Å². The molecule has 0 radical (unpaired) electrons. The van der Waals surface area contributed by atoms with E-state index in [0.717, 1.165) is 76.2 Å². The monoisotopic (exact) mass is 402 g/mol. The van der Waals surface area contributed by atoms with Gasteiger partial charge >= 0.3 is 0 Å². The highest BCUT2D eigenvalue weighted by Gasteiger charge is 2.44. The van der Waals surface area contributed by atoms with Crippen molar-refractivity contribution < 1.29 is 9.26 Å². The zero-order chi connectivity index (χ0) is 19.0. The minimum Gasteiger partial charge on any atom is -0.381 e. The highest BCUT2D eigenvalue weighted by atomic mass is 32.1. The van der Waals surface area contributed by atoms with Crippen molar-refractivity contribution in [2.24, 2.45) is 5.92 Å². The fraction of sp³-hybridized carbons (Fsp3) is 0.762. The number of nitrogens with zero attached hydrogens (tertiary/aromatic N) is 4. The van der Waals surface area contributed by atoms with Crippen molar-refractivity contribution in [3.63, 3.8) is 0 Å². The summed E-state index contributed by atoms with van der Waals surface area (Å²) < 4.78 is 11.3. The number of likely N-dealkylation sites (tertiary alicyclic amines) is 1. The highest BCUT2D eigenvalue weighted by Crippen LogP contribution is 2.47. The van der Waals surface area contributed by atoms with Gasteiger partial charge in [0.25, 0.3) is 0 Å². The van der Waals surface area contributed by atoms with E-state index in [1.807, 2.05) is 5.51 Å². The van der Waals surface area contributed by atoms with Crippen molar-refractivity contribution in [3.8, 4) is 0 Å². The van der Waals surface area contributed by atoms with Crippen molar-refractivity contribution in [1.82, 2.24) is 20.0 Å². The number of ether oxygens (including phenoxy) is 1. The van der Waals surface area contributed by atoms with Crippen LogP contribution in [0.15, 0.2) is 10.0 Å². The van der Waals surface area contributed by atoms with Crippen LogP contribution in [0.5, 0.6) is 0 Å². The molecule has 3 fully saturated rings. The van der Waals surface area contributed by atoms with E-state index in [9.17, 15) is 0 Å². The van der Waals surface area contributed by atoms with Gasteiger partial charge in [0.05, 0.1) is 11.2 Å². The van der Waals surface area contributed by atoms with Crippen LogP contribution in [0.2, 0.25) is 0 Å². The van der Waals surface area contributed by atoms with Crippen LogP contribution in [0.1, 0.15) is 73.1 Å². The molecule has 5 rings (SSSR count). The van der Waals surface area contributed by atoms with Crippen LogP contribution in [0, 0.1) is 12.8 Å². The second-order valence-corrected chi connectivity index (χ2v) is 9.85. The van der Waals surface area contributed by atoms with Crippen molar-refractivity contribution in [1.29, 1.82) is 0 Å². The number of rotatable bonds is 6. The minimum absolute atomic E-state index is 0.104. The molecule has 2 aliphatic heterocycles. The molecule has 7 heteroatoms. The Kier molecular flexibility index (Phi) is 5.24. The number of piperidine rings is 1. The van der Waals surface area contributed by atoms with Gasteiger partial charge in [0.1, 0.15) is 0 Å². The number of aryl methyl sites for hydroxylation is 1. The van der Waals surface area contributed by atoms with Gasteiger partial charge in [-0.15, -0.1) is 11.3 Å². The van der Waals surface area contributed by atoms with Crippen LogP contribution in [-0.4, -0.2) is 46.3 Å². The normalized spacial score (nSPS) is 23.9. The predicted molar refractivity (Wildman–Crippen MR) is 107 cm³/mol. The third-order valence-corrected chi connectivity index (χ3v) is 7.81. The maximum atomic E-state index is 5.78. The maximum Gasteiger partial charge on any atom is 0.229 e. The summed E-state index contributed by atoms with van der Waals surface area (Å²) in [6, 6.07) is 0. The number of thiazole rings is 1. The van der Waals surface area contributed by atoms with Gasteiger partial charge in [0, 0.05) is 36.0 Å². The molecule has 1 aliphatic carbocycles. The van der Waals surface area contributed by atoms with Crippen molar-refractivity contribution in [2.45, 2.75) is 69.7 Å². The fourth-order valence-electron chi connectivity index (χ4n) is 4.77. The predicted octanol–water partition coefficient (Wildman–Crippen LogP) is 4.06. The Labute approximate surface area is 170 Å². The van der Waals surface area contributed by atoms with Gasteiger partial charge < -0.3 is 9.26 Å². The minimum atomic E-state index is 0.104. The summed E-state index contributed by atoms with van der Waals surface area (Å²) in [7, 11) is 0. The summed E-state index contributed by atoms with van der Waals surface area (Å²) in [5.41, 5.74) is 3.25. The molecular formula is C21H30N4O2S. The lowest BCUT2D eigenvalue weighted by atomic mass is 9.73. The molecule has 0 spiro atoms. The number of hydrogen-bond acceptors (Lipinski definition) is 7. The standard InChI is InChI=1S/C21H30N4O2S/c1-15-18(28-14-22-15)13-25-8-6-21(7-9-25,12-16-2-3-16)20-23-19(27-24-20)17-4-10-26-11-5-17/h14,16-17H,2-13H2,1H3. The van der Waals surface area contributed by atoms with E-state index in [4.69, 9.17) is 14.2 Å². The Morgan fingerprint density at radius 3 is 2.64 bits per heavy atom. The second kappa shape index (κ2) is 7.84. The van der Waals surface area contributed by atoms with Gasteiger partial charge in [-0.2, -0.15) is 4.98 Å². The zero-order valence-corrected chi connectivity index (χ0v) is 17.5. The average molecular weight is 403 g/mol. The van der Waals surface area contributed by atoms with E-state index in [1.165, 1.54) is 29.8 Å². The summed E-state index contributed by atoms with van der Waals surface area (Å²) in [6.45, 7) is 6.96. The van der Waals surface area contributed by atoms with Crippen LogP contribution < -0.4 is 0 Å². The van der Waals surface area contributed by atoms with Gasteiger partial charge in [0.15, 0.2) is 5.82 Å². The molecule has 4 heterocycles. The molecule has 0 unspecified atom stereocenters. The third-order valence-electron chi connectivity index (χ3n) is 6.89. The molecule has 0 bridgehead atoms. The second-order valence-electron chi connectivity index (χ2n) is 8.91. The lowest BCUT2D eigenvalue weighted by Crippen LogP contribution is -2.43. The first-order valence-corrected chi connectivity index (χ1v) is 11.6. The molecule has 2 aromatic rings. The third kappa shape index (κ3) is 3.89. The summed E-state index contributed by atoms with van der Waals surface area (Å²) in [4.78, 5) is 13.3. The molecule has 0 N–H and O–H groups in total. The van der Waals surface area contributed by atoms with E-state index in [1.54, 1.807) is 11.3 Å². The molecule has 3 aliphatic rings. The Morgan fingerprint density at radius 1 is 1.18 bits per heavy atom. The van der Waals surface area contributed by atoms with E-state index >= 15 is 0 Å². The Balaban J connectivity index is 1.30. The van der Waals surface area contributed by atoms with Crippen molar-refractivity contribution in [2.75, 3.05) is 26.3 Å². The van der Waals surface area contributed by atoms with E-state index in [2.05, 4.69) is 22.0 Å². The quantitative estimate of drug-likeness (QED) is 0.726. The molecule has 152 valence electrons. The first-order valence-electron chi connectivity index (χ1n) is 10.7. The van der Waals surface area contributed by atoms with Crippen LogP contribution in [-0.2, 0) is 16.7 Å². The SMILES string of the molecule is Cc1ncsc1CN1CCC(CC2CC2)(c2noc(C3CCOCC3)n2)CC1. The zero-order valence-electron chi connectivity index (χ0n) is 16.7. The summed E-state index contributed by atoms with van der Waals surface area (Å²) in [6.07, 6.45) is 8.24. The molecule has 6 nitrogen and oxygen atoms in total. The molecule has 2 aromatic heterocycles. The molecule has 0 aromatic carbocycles. The van der Waals surface area contributed by atoms with Crippen LogP contribution in [0.3, 0.4) is 0 Å². The van der Waals surface area contributed by atoms with Crippen molar-refractivity contribution in [3.05, 3.63) is 27.8 Å². The summed E-state index contributed by atoms with van der Waals surface area (Å²) >= 11 is 1.78. The largest absolute Gasteiger partial charge is 0.381 e. The molecule has 0 amide bonds. The van der Waals surface area contributed by atoms with Gasteiger partial charge in [-0.3, -0.25) is 4.90 Å². The van der Waals surface area contributed by atoms with Gasteiger partial charge in [-0.05, 0) is 58.0 Å². The van der Waals surface area contributed by atoms with Crippen LogP contribution in [0.25, 0.3) is 0 Å². The smallest absolute Gasteiger partial charge is 0.229 e. The van der Waals surface area contributed by atoms with E-state index in [0.29, 0.717) is 5.92 Å². The molecule has 28 heavy (non-hydrogen) atoms. The Bertz CT molecular complexity index is 786. The highest BCUT2D eigenvalue weighted by molar-refractivity contribution is 7.09.